The number of nitrogens with one attached hydrogen (secondary N) is 2. The molecule has 0 atom stereocenters. The lowest BCUT2D eigenvalue weighted by molar-refractivity contribution is 0.576. The first-order valence-electron chi connectivity index (χ1n) is 5.71. The number of sulfonamides is 1. The summed E-state index contributed by atoms with van der Waals surface area (Å²) < 4.78 is 26.6. The molecule has 1 aromatic carbocycles. The summed E-state index contributed by atoms with van der Waals surface area (Å²) in [5.41, 5.74) is 0.529. The van der Waals surface area contributed by atoms with Crippen molar-refractivity contribution in [2.45, 2.75) is 17.7 Å². The fraction of sp³-hybridized carbons (Fsp3) is 0.417. The van der Waals surface area contributed by atoms with Crippen LogP contribution in [-0.4, -0.2) is 28.6 Å². The molecule has 0 aromatic heterocycles. The Labute approximate surface area is 108 Å². The summed E-state index contributed by atoms with van der Waals surface area (Å²) >= 11 is 0. The smallest absolute Gasteiger partial charge is 0.240 e. The van der Waals surface area contributed by atoms with Crippen molar-refractivity contribution in [3.8, 4) is 6.07 Å². The minimum Gasteiger partial charge on any atom is -0.320 e. The molecule has 0 saturated carbocycles. The average Bonchev–Trinajstić information content (AvgIpc) is 2.36. The summed E-state index contributed by atoms with van der Waals surface area (Å²) in [5, 5.41) is 11.6. The second-order valence-corrected chi connectivity index (χ2v) is 5.53. The lowest BCUT2D eigenvalue weighted by atomic mass is 10.2. The standard InChI is InChI=1S/C12H17N3O2S/c1-14-9-4-10-15-18(16,17)12-6-3-2-5-11(12)7-8-13/h2-3,5-6,14-15H,4,7,9-10H2,1H3. The molecule has 0 aliphatic carbocycles. The molecule has 5 nitrogen and oxygen atoms in total. The van der Waals surface area contributed by atoms with Crippen molar-refractivity contribution in [3.05, 3.63) is 29.8 Å². The highest BCUT2D eigenvalue weighted by Crippen LogP contribution is 2.15. The van der Waals surface area contributed by atoms with E-state index < -0.39 is 10.0 Å². The van der Waals surface area contributed by atoms with Gasteiger partial charge in [0.25, 0.3) is 0 Å². The monoisotopic (exact) mass is 267 g/mol. The predicted octanol–water partition coefficient (Wildman–Crippen LogP) is 0.640. The van der Waals surface area contributed by atoms with Crippen LogP contribution in [-0.2, 0) is 16.4 Å². The van der Waals surface area contributed by atoms with Crippen LogP contribution in [0.15, 0.2) is 29.2 Å². The van der Waals surface area contributed by atoms with E-state index in [4.69, 9.17) is 5.26 Å². The van der Waals surface area contributed by atoms with Crippen LogP contribution >= 0.6 is 0 Å². The minimum atomic E-state index is -3.52. The van der Waals surface area contributed by atoms with Gasteiger partial charge in [-0.05, 0) is 31.6 Å². The van der Waals surface area contributed by atoms with Crippen molar-refractivity contribution >= 4 is 10.0 Å². The van der Waals surface area contributed by atoms with Crippen LogP contribution in [0.25, 0.3) is 0 Å². The van der Waals surface area contributed by atoms with E-state index in [2.05, 4.69) is 10.0 Å². The molecule has 2 N–H and O–H groups in total. The zero-order chi connectivity index (χ0) is 13.4. The maximum Gasteiger partial charge on any atom is 0.240 e. The van der Waals surface area contributed by atoms with Crippen molar-refractivity contribution in [2.75, 3.05) is 20.1 Å². The largest absolute Gasteiger partial charge is 0.320 e. The predicted molar refractivity (Wildman–Crippen MR) is 69.5 cm³/mol. The Balaban J connectivity index is 2.81. The maximum atomic E-state index is 12.1. The Kier molecular flexibility index (Phi) is 5.78. The van der Waals surface area contributed by atoms with Crippen molar-refractivity contribution in [1.82, 2.24) is 10.0 Å². The number of rotatable bonds is 7. The number of hydrogen-bond donors (Lipinski definition) is 2. The van der Waals surface area contributed by atoms with Crippen LogP contribution in [0, 0.1) is 11.3 Å². The van der Waals surface area contributed by atoms with Crippen LogP contribution in [0.3, 0.4) is 0 Å². The van der Waals surface area contributed by atoms with Crippen molar-refractivity contribution in [3.63, 3.8) is 0 Å². The molecule has 0 bridgehead atoms. The molecule has 0 radical (unpaired) electrons. The van der Waals surface area contributed by atoms with Gasteiger partial charge in [0.2, 0.25) is 10.0 Å². The van der Waals surface area contributed by atoms with Crippen molar-refractivity contribution in [2.24, 2.45) is 0 Å². The van der Waals surface area contributed by atoms with Crippen LogP contribution < -0.4 is 10.0 Å². The molecule has 0 unspecified atom stereocenters. The SMILES string of the molecule is CNCCCNS(=O)(=O)c1ccccc1CC#N. The molecule has 18 heavy (non-hydrogen) atoms. The maximum absolute atomic E-state index is 12.1. The molecule has 0 heterocycles. The zero-order valence-corrected chi connectivity index (χ0v) is 11.1. The third-order valence-corrected chi connectivity index (χ3v) is 3.99. The van der Waals surface area contributed by atoms with Gasteiger partial charge in [-0.3, -0.25) is 0 Å². The van der Waals surface area contributed by atoms with Gasteiger partial charge in [0.05, 0.1) is 17.4 Å². The molecule has 0 aliphatic rings. The van der Waals surface area contributed by atoms with Gasteiger partial charge in [0, 0.05) is 6.54 Å². The van der Waals surface area contributed by atoms with E-state index in [0.717, 1.165) is 13.0 Å². The second kappa shape index (κ2) is 7.11. The summed E-state index contributed by atoms with van der Waals surface area (Å²) in [5.74, 6) is 0. The van der Waals surface area contributed by atoms with Gasteiger partial charge in [-0.15, -0.1) is 0 Å². The topological polar surface area (TPSA) is 82.0 Å². The minimum absolute atomic E-state index is 0.0909. The summed E-state index contributed by atoms with van der Waals surface area (Å²) in [7, 11) is -1.71. The second-order valence-electron chi connectivity index (χ2n) is 3.80. The Morgan fingerprint density at radius 3 is 2.67 bits per heavy atom. The highest BCUT2D eigenvalue weighted by atomic mass is 32.2. The summed E-state index contributed by atoms with van der Waals surface area (Å²) in [4.78, 5) is 0.191. The van der Waals surface area contributed by atoms with Gasteiger partial charge in [0.1, 0.15) is 0 Å². The Bertz CT molecular complexity index is 520. The highest BCUT2D eigenvalue weighted by molar-refractivity contribution is 7.89. The number of benzene rings is 1. The van der Waals surface area contributed by atoms with Gasteiger partial charge in [-0.25, -0.2) is 13.1 Å². The molecular formula is C12H17N3O2S. The molecule has 1 rings (SSSR count). The molecule has 6 heteroatoms. The Hall–Kier alpha value is -1.42. The molecule has 98 valence electrons. The molecule has 0 amide bonds. The van der Waals surface area contributed by atoms with Gasteiger partial charge in [-0.2, -0.15) is 5.26 Å². The fourth-order valence-electron chi connectivity index (χ4n) is 1.55. The summed E-state index contributed by atoms with van der Waals surface area (Å²) in [6, 6.07) is 8.53. The zero-order valence-electron chi connectivity index (χ0n) is 10.3. The normalized spacial score (nSPS) is 11.1. The number of nitrogens with zero attached hydrogens (tertiary/aromatic N) is 1. The lowest BCUT2D eigenvalue weighted by Crippen LogP contribution is -2.27. The molecular weight excluding hydrogens is 250 g/mol. The molecule has 0 aliphatic heterocycles. The Morgan fingerprint density at radius 2 is 2.00 bits per heavy atom. The first kappa shape index (κ1) is 14.6. The molecule has 1 aromatic rings. The van der Waals surface area contributed by atoms with Crippen molar-refractivity contribution < 1.29 is 8.42 Å². The van der Waals surface area contributed by atoms with E-state index >= 15 is 0 Å². The van der Waals surface area contributed by atoms with Gasteiger partial charge in [0.15, 0.2) is 0 Å². The molecule has 0 saturated heterocycles. The number of hydrogen-bond acceptors (Lipinski definition) is 4. The molecule has 0 fully saturated rings. The van der Waals surface area contributed by atoms with E-state index in [1.807, 2.05) is 13.1 Å². The van der Waals surface area contributed by atoms with Crippen LogP contribution in [0.5, 0.6) is 0 Å². The van der Waals surface area contributed by atoms with Crippen LogP contribution in [0.1, 0.15) is 12.0 Å². The first-order chi connectivity index (χ1) is 8.61. The van der Waals surface area contributed by atoms with E-state index in [-0.39, 0.29) is 11.3 Å². The lowest BCUT2D eigenvalue weighted by Gasteiger charge is -2.09. The van der Waals surface area contributed by atoms with Crippen molar-refractivity contribution in [1.29, 1.82) is 5.26 Å². The van der Waals surface area contributed by atoms with Crippen LogP contribution in [0.2, 0.25) is 0 Å². The van der Waals surface area contributed by atoms with E-state index in [9.17, 15) is 8.42 Å². The van der Waals surface area contributed by atoms with Gasteiger partial charge >= 0.3 is 0 Å². The third kappa shape index (κ3) is 4.11. The number of nitriles is 1. The quantitative estimate of drug-likeness (QED) is 0.710. The highest BCUT2D eigenvalue weighted by Gasteiger charge is 2.16. The molecule has 0 spiro atoms. The van der Waals surface area contributed by atoms with Gasteiger partial charge in [-0.1, -0.05) is 18.2 Å². The average molecular weight is 267 g/mol. The van der Waals surface area contributed by atoms with E-state index in [1.54, 1.807) is 18.2 Å². The van der Waals surface area contributed by atoms with Gasteiger partial charge < -0.3 is 5.32 Å². The third-order valence-electron chi connectivity index (χ3n) is 2.43. The summed E-state index contributed by atoms with van der Waals surface area (Å²) in [6.07, 6.45) is 0.809. The summed E-state index contributed by atoms with van der Waals surface area (Å²) in [6.45, 7) is 1.13. The van der Waals surface area contributed by atoms with Crippen LogP contribution in [0.4, 0.5) is 0 Å². The fourth-order valence-corrected chi connectivity index (χ4v) is 2.86. The Morgan fingerprint density at radius 1 is 1.28 bits per heavy atom. The van der Waals surface area contributed by atoms with E-state index in [0.29, 0.717) is 12.1 Å². The van der Waals surface area contributed by atoms with E-state index in [1.165, 1.54) is 6.07 Å². The first-order valence-corrected chi connectivity index (χ1v) is 7.19.